The maximum Gasteiger partial charge on any atom is 0.343 e. The normalized spacial score (nSPS) is 10.4. The zero-order chi connectivity index (χ0) is 13.8. The van der Waals surface area contributed by atoms with Crippen molar-refractivity contribution in [3.8, 4) is 17.7 Å². The molecular formula is C13H12N6O. The van der Waals surface area contributed by atoms with Gasteiger partial charge in [-0.25, -0.2) is 9.67 Å². The second-order valence-electron chi connectivity index (χ2n) is 3.94. The van der Waals surface area contributed by atoms with Crippen molar-refractivity contribution in [3.63, 3.8) is 0 Å². The van der Waals surface area contributed by atoms with Gasteiger partial charge in [-0.2, -0.15) is 9.97 Å². The summed E-state index contributed by atoms with van der Waals surface area (Å²) < 4.78 is 7.02. The first-order valence-electron chi connectivity index (χ1n) is 6.02. The van der Waals surface area contributed by atoms with E-state index in [2.05, 4.69) is 20.1 Å². The number of aromatic nitrogens is 5. The van der Waals surface area contributed by atoms with Gasteiger partial charge >= 0.3 is 12.0 Å². The van der Waals surface area contributed by atoms with Crippen LogP contribution in [-0.4, -0.2) is 24.7 Å². The molecule has 0 unspecified atom stereocenters. The second kappa shape index (κ2) is 5.45. The minimum atomic E-state index is 0.179. The maximum absolute atomic E-state index is 5.51. The van der Waals surface area contributed by atoms with E-state index >= 15 is 0 Å². The minimum absolute atomic E-state index is 0.179. The average molecular weight is 268 g/mol. The number of benzene rings is 1. The van der Waals surface area contributed by atoms with Crippen molar-refractivity contribution in [1.29, 1.82) is 0 Å². The Morgan fingerprint density at radius 1 is 1.05 bits per heavy atom. The van der Waals surface area contributed by atoms with Gasteiger partial charge in [0.1, 0.15) is 6.33 Å². The molecule has 0 saturated carbocycles. The lowest BCUT2D eigenvalue weighted by molar-refractivity contribution is 0.405. The fourth-order valence-electron chi connectivity index (χ4n) is 1.62. The van der Waals surface area contributed by atoms with Gasteiger partial charge in [-0.15, -0.1) is 5.10 Å². The van der Waals surface area contributed by atoms with Crippen molar-refractivity contribution in [2.45, 2.75) is 6.54 Å². The molecule has 0 aliphatic carbocycles. The molecule has 0 bridgehead atoms. The topological polar surface area (TPSA) is 91.7 Å². The zero-order valence-corrected chi connectivity index (χ0v) is 10.5. The molecule has 20 heavy (non-hydrogen) atoms. The number of nitrogens with zero attached hydrogens (tertiary/aromatic N) is 5. The summed E-state index contributed by atoms with van der Waals surface area (Å²) in [4.78, 5) is 12.2. The van der Waals surface area contributed by atoms with Gasteiger partial charge in [0.05, 0.1) is 11.4 Å². The fraction of sp³-hybridized carbons (Fsp3) is 0.0769. The van der Waals surface area contributed by atoms with Crippen molar-refractivity contribution in [1.82, 2.24) is 24.7 Å². The number of hydrogen-bond donors (Lipinski definition) is 1. The summed E-state index contributed by atoms with van der Waals surface area (Å²) in [5.74, 6) is 0. The molecular weight excluding hydrogens is 256 g/mol. The lowest BCUT2D eigenvalue weighted by Crippen LogP contribution is -2.02. The van der Waals surface area contributed by atoms with Crippen LogP contribution < -0.4 is 10.5 Å². The Kier molecular flexibility index (Phi) is 3.34. The first kappa shape index (κ1) is 12.2. The minimum Gasteiger partial charge on any atom is -0.387 e. The van der Waals surface area contributed by atoms with E-state index < -0.39 is 0 Å². The molecule has 0 amide bonds. The van der Waals surface area contributed by atoms with Crippen LogP contribution in [0.3, 0.4) is 0 Å². The largest absolute Gasteiger partial charge is 0.387 e. The number of para-hydroxylation sites is 1. The number of hydrogen-bond acceptors (Lipinski definition) is 6. The van der Waals surface area contributed by atoms with Crippen molar-refractivity contribution >= 4 is 0 Å². The number of ether oxygens (including phenoxy) is 1. The van der Waals surface area contributed by atoms with Gasteiger partial charge in [0.25, 0.3) is 0 Å². The van der Waals surface area contributed by atoms with Gasteiger partial charge in [0.2, 0.25) is 0 Å². The Bertz CT molecular complexity index is 697. The Labute approximate surface area is 115 Å². The van der Waals surface area contributed by atoms with Crippen molar-refractivity contribution in [2.75, 3.05) is 0 Å². The highest BCUT2D eigenvalue weighted by molar-refractivity contribution is 5.29. The summed E-state index contributed by atoms with van der Waals surface area (Å²) in [7, 11) is 0. The molecule has 0 atom stereocenters. The zero-order valence-electron chi connectivity index (χ0n) is 10.5. The van der Waals surface area contributed by atoms with E-state index in [4.69, 9.17) is 10.5 Å². The van der Waals surface area contributed by atoms with Crippen LogP contribution in [0.4, 0.5) is 0 Å². The monoisotopic (exact) mass is 268 g/mol. The van der Waals surface area contributed by atoms with Gasteiger partial charge < -0.3 is 10.5 Å². The Balaban J connectivity index is 1.80. The van der Waals surface area contributed by atoms with Crippen LogP contribution in [0.25, 0.3) is 5.69 Å². The van der Waals surface area contributed by atoms with Crippen LogP contribution in [0, 0.1) is 0 Å². The van der Waals surface area contributed by atoms with E-state index in [1.807, 2.05) is 30.3 Å². The van der Waals surface area contributed by atoms with Crippen LogP contribution in [0.5, 0.6) is 12.0 Å². The Morgan fingerprint density at radius 2 is 1.90 bits per heavy atom. The molecule has 1 aromatic carbocycles. The maximum atomic E-state index is 5.51. The smallest absolute Gasteiger partial charge is 0.343 e. The lowest BCUT2D eigenvalue weighted by atomic mass is 10.3. The molecule has 0 aliphatic rings. The predicted octanol–water partition coefficient (Wildman–Crippen LogP) is 1.31. The molecule has 0 radical (unpaired) electrons. The van der Waals surface area contributed by atoms with E-state index in [1.54, 1.807) is 23.3 Å². The van der Waals surface area contributed by atoms with Crippen molar-refractivity contribution in [2.24, 2.45) is 5.73 Å². The summed E-state index contributed by atoms with van der Waals surface area (Å²) in [6.07, 6.45) is 3.15. The third kappa shape index (κ3) is 2.62. The van der Waals surface area contributed by atoms with E-state index in [-0.39, 0.29) is 12.0 Å². The molecule has 7 nitrogen and oxygen atoms in total. The molecule has 0 fully saturated rings. The van der Waals surface area contributed by atoms with E-state index in [0.717, 1.165) is 5.69 Å². The molecule has 0 aliphatic heterocycles. The van der Waals surface area contributed by atoms with Gasteiger partial charge in [-0.3, -0.25) is 0 Å². The molecule has 3 rings (SSSR count). The van der Waals surface area contributed by atoms with Crippen LogP contribution in [0.1, 0.15) is 5.69 Å². The second-order valence-corrected chi connectivity index (χ2v) is 3.94. The lowest BCUT2D eigenvalue weighted by Gasteiger charge is -2.00. The number of rotatable bonds is 4. The van der Waals surface area contributed by atoms with Gasteiger partial charge in [-0.05, 0) is 18.2 Å². The predicted molar refractivity (Wildman–Crippen MR) is 71.4 cm³/mol. The summed E-state index contributed by atoms with van der Waals surface area (Å²) >= 11 is 0. The van der Waals surface area contributed by atoms with E-state index in [1.165, 1.54) is 0 Å². The first-order chi connectivity index (χ1) is 9.85. The van der Waals surface area contributed by atoms with Crippen molar-refractivity contribution in [3.05, 3.63) is 54.6 Å². The summed E-state index contributed by atoms with van der Waals surface area (Å²) in [6, 6.07) is 11.7. The highest BCUT2D eigenvalue weighted by Gasteiger charge is 2.07. The Morgan fingerprint density at radius 3 is 2.70 bits per heavy atom. The average Bonchev–Trinajstić information content (AvgIpc) is 2.97. The molecule has 3 aromatic rings. The molecule has 7 heteroatoms. The third-order valence-corrected chi connectivity index (χ3v) is 2.57. The van der Waals surface area contributed by atoms with E-state index in [9.17, 15) is 0 Å². The van der Waals surface area contributed by atoms with Crippen LogP contribution >= 0.6 is 0 Å². The van der Waals surface area contributed by atoms with Crippen molar-refractivity contribution < 1.29 is 4.74 Å². The summed E-state index contributed by atoms with van der Waals surface area (Å²) in [6.45, 7) is 0.324. The van der Waals surface area contributed by atoms with Gasteiger partial charge in [0, 0.05) is 12.7 Å². The van der Waals surface area contributed by atoms with Crippen LogP contribution in [0.2, 0.25) is 0 Å². The van der Waals surface area contributed by atoms with Gasteiger partial charge in [-0.1, -0.05) is 18.2 Å². The van der Waals surface area contributed by atoms with Crippen LogP contribution in [0.15, 0.2) is 48.9 Å². The molecule has 100 valence electrons. The molecule has 0 saturated heterocycles. The molecule has 2 heterocycles. The van der Waals surface area contributed by atoms with Crippen LogP contribution in [-0.2, 0) is 6.54 Å². The highest BCUT2D eigenvalue weighted by Crippen LogP contribution is 2.13. The first-order valence-corrected chi connectivity index (χ1v) is 6.02. The standard InChI is InChI=1S/C13H12N6O/c14-8-10-6-7-15-12(17-10)20-13-16-9-19(18-13)11-4-2-1-3-5-11/h1-7,9H,8,14H2. The summed E-state index contributed by atoms with van der Waals surface area (Å²) in [5, 5.41) is 4.20. The van der Waals surface area contributed by atoms with E-state index in [0.29, 0.717) is 12.2 Å². The molecule has 0 spiro atoms. The Hall–Kier alpha value is -2.80. The summed E-state index contributed by atoms with van der Waals surface area (Å²) in [5.41, 5.74) is 7.10. The molecule has 2 N–H and O–H groups in total. The SMILES string of the molecule is NCc1ccnc(Oc2ncn(-c3ccccc3)n2)n1. The number of nitrogens with two attached hydrogens (primary N) is 1. The third-order valence-electron chi connectivity index (χ3n) is 2.57. The van der Waals surface area contributed by atoms with Gasteiger partial charge in [0.15, 0.2) is 0 Å². The quantitative estimate of drug-likeness (QED) is 0.767. The highest BCUT2D eigenvalue weighted by atomic mass is 16.5. The fourth-order valence-corrected chi connectivity index (χ4v) is 1.62. The molecule has 2 aromatic heterocycles.